The standard InChI is InChI=1S/C21H22ClN3O3/c1-4-25(5-2)21(26)15-11-14-18(12-20(15)27-3)24-9-8-19(14)28-13-6-7-17(23)16(22)10-13/h6-12H,4-5,23H2,1-3H3. The van der Waals surface area contributed by atoms with Gasteiger partial charge in [-0.25, -0.2) is 0 Å². The van der Waals surface area contributed by atoms with Crippen molar-refractivity contribution in [1.82, 2.24) is 9.88 Å². The van der Waals surface area contributed by atoms with Gasteiger partial charge in [0.05, 0.1) is 28.9 Å². The summed E-state index contributed by atoms with van der Waals surface area (Å²) in [5.41, 5.74) is 7.36. The molecule has 0 spiro atoms. The van der Waals surface area contributed by atoms with E-state index in [1.54, 1.807) is 47.5 Å². The fraction of sp³-hybridized carbons (Fsp3) is 0.238. The van der Waals surface area contributed by atoms with Crippen molar-refractivity contribution in [3.63, 3.8) is 0 Å². The van der Waals surface area contributed by atoms with E-state index in [1.165, 1.54) is 7.11 Å². The fourth-order valence-corrected chi connectivity index (χ4v) is 3.12. The van der Waals surface area contributed by atoms with Gasteiger partial charge < -0.3 is 20.1 Å². The summed E-state index contributed by atoms with van der Waals surface area (Å²) in [7, 11) is 1.54. The number of nitrogen functional groups attached to an aromatic ring is 1. The molecule has 3 aromatic rings. The molecule has 0 radical (unpaired) electrons. The van der Waals surface area contributed by atoms with Crippen molar-refractivity contribution in [3.05, 3.63) is 53.2 Å². The first-order chi connectivity index (χ1) is 13.5. The maximum atomic E-state index is 12.9. The lowest BCUT2D eigenvalue weighted by Gasteiger charge is -2.20. The predicted molar refractivity (Wildman–Crippen MR) is 111 cm³/mol. The minimum Gasteiger partial charge on any atom is -0.496 e. The van der Waals surface area contributed by atoms with Crippen LogP contribution in [-0.4, -0.2) is 36.0 Å². The largest absolute Gasteiger partial charge is 0.496 e. The van der Waals surface area contributed by atoms with E-state index in [0.717, 1.165) is 0 Å². The number of nitrogens with zero attached hydrogens (tertiary/aromatic N) is 2. The molecule has 0 aliphatic carbocycles. The van der Waals surface area contributed by atoms with Crippen LogP contribution in [0.1, 0.15) is 24.2 Å². The van der Waals surface area contributed by atoms with Crippen molar-refractivity contribution < 1.29 is 14.3 Å². The number of pyridine rings is 1. The third-order valence-corrected chi connectivity index (χ3v) is 4.83. The highest BCUT2D eigenvalue weighted by Crippen LogP contribution is 2.35. The fourth-order valence-electron chi connectivity index (χ4n) is 2.95. The minimum absolute atomic E-state index is 0.103. The van der Waals surface area contributed by atoms with Gasteiger partial charge in [0.25, 0.3) is 5.91 Å². The summed E-state index contributed by atoms with van der Waals surface area (Å²) < 4.78 is 11.4. The number of carbonyl (C=O) groups excluding carboxylic acids is 1. The third kappa shape index (κ3) is 3.82. The molecule has 7 heteroatoms. The van der Waals surface area contributed by atoms with E-state index in [0.29, 0.717) is 57.5 Å². The van der Waals surface area contributed by atoms with Gasteiger partial charge in [-0.2, -0.15) is 0 Å². The number of fused-ring (bicyclic) bond motifs is 1. The second-order valence-electron chi connectivity index (χ2n) is 6.14. The Morgan fingerprint density at radius 3 is 2.54 bits per heavy atom. The maximum absolute atomic E-state index is 12.9. The van der Waals surface area contributed by atoms with E-state index in [9.17, 15) is 4.79 Å². The van der Waals surface area contributed by atoms with Crippen LogP contribution >= 0.6 is 11.6 Å². The summed E-state index contributed by atoms with van der Waals surface area (Å²) >= 11 is 6.09. The molecule has 146 valence electrons. The first-order valence-electron chi connectivity index (χ1n) is 8.97. The number of anilines is 1. The van der Waals surface area contributed by atoms with E-state index in [4.69, 9.17) is 26.8 Å². The number of methoxy groups -OCH3 is 1. The van der Waals surface area contributed by atoms with Crippen molar-refractivity contribution in [2.45, 2.75) is 13.8 Å². The number of rotatable bonds is 6. The molecule has 0 fully saturated rings. The molecule has 1 heterocycles. The van der Waals surface area contributed by atoms with Crippen molar-refractivity contribution >= 4 is 34.1 Å². The van der Waals surface area contributed by atoms with Crippen LogP contribution < -0.4 is 15.2 Å². The van der Waals surface area contributed by atoms with Crippen LogP contribution in [0.25, 0.3) is 10.9 Å². The molecule has 1 aromatic heterocycles. The number of ether oxygens (including phenoxy) is 2. The van der Waals surface area contributed by atoms with Gasteiger partial charge >= 0.3 is 0 Å². The lowest BCUT2D eigenvalue weighted by atomic mass is 10.1. The number of hydrogen-bond acceptors (Lipinski definition) is 5. The van der Waals surface area contributed by atoms with Gasteiger partial charge in [-0.15, -0.1) is 0 Å². The average molecular weight is 400 g/mol. The number of nitrogens with two attached hydrogens (primary N) is 1. The number of carbonyl (C=O) groups is 1. The first-order valence-corrected chi connectivity index (χ1v) is 9.35. The SMILES string of the molecule is CCN(CC)C(=O)c1cc2c(Oc3ccc(N)c(Cl)c3)ccnc2cc1OC. The number of aromatic nitrogens is 1. The second kappa shape index (κ2) is 8.35. The topological polar surface area (TPSA) is 77.7 Å². The molecule has 2 N–H and O–H groups in total. The van der Waals surface area contributed by atoms with Gasteiger partial charge in [-0.3, -0.25) is 9.78 Å². The summed E-state index contributed by atoms with van der Waals surface area (Å²) in [6.45, 7) is 5.10. The van der Waals surface area contributed by atoms with Crippen LogP contribution in [0.3, 0.4) is 0 Å². The third-order valence-electron chi connectivity index (χ3n) is 4.50. The highest BCUT2D eigenvalue weighted by atomic mass is 35.5. The molecule has 0 saturated heterocycles. The van der Waals surface area contributed by atoms with Crippen LogP contribution in [0, 0.1) is 0 Å². The molecule has 0 unspecified atom stereocenters. The second-order valence-corrected chi connectivity index (χ2v) is 6.55. The van der Waals surface area contributed by atoms with Crippen LogP contribution in [0.5, 0.6) is 17.2 Å². The zero-order valence-corrected chi connectivity index (χ0v) is 16.8. The van der Waals surface area contributed by atoms with E-state index in [2.05, 4.69) is 4.98 Å². The molecule has 0 atom stereocenters. The molecule has 1 amide bonds. The zero-order chi connectivity index (χ0) is 20.3. The van der Waals surface area contributed by atoms with Crippen LogP contribution in [0.2, 0.25) is 5.02 Å². The monoisotopic (exact) mass is 399 g/mol. The van der Waals surface area contributed by atoms with Gasteiger partial charge in [-0.05, 0) is 38.1 Å². The van der Waals surface area contributed by atoms with Crippen molar-refractivity contribution in [2.24, 2.45) is 0 Å². The molecule has 3 rings (SSSR count). The van der Waals surface area contributed by atoms with Crippen LogP contribution in [0.4, 0.5) is 5.69 Å². The number of amides is 1. The van der Waals surface area contributed by atoms with Gasteiger partial charge in [0.15, 0.2) is 0 Å². The van der Waals surface area contributed by atoms with Crippen molar-refractivity contribution in [3.8, 4) is 17.2 Å². The quantitative estimate of drug-likeness (QED) is 0.605. The van der Waals surface area contributed by atoms with Gasteiger partial charge in [0.2, 0.25) is 0 Å². The Labute approximate surface area is 168 Å². The highest BCUT2D eigenvalue weighted by molar-refractivity contribution is 6.33. The number of hydrogen-bond donors (Lipinski definition) is 1. The maximum Gasteiger partial charge on any atom is 0.257 e. The Morgan fingerprint density at radius 2 is 1.89 bits per heavy atom. The normalized spacial score (nSPS) is 10.7. The molecular formula is C21H22ClN3O3. The zero-order valence-electron chi connectivity index (χ0n) is 16.0. The summed E-state index contributed by atoms with van der Waals surface area (Å²) in [5, 5.41) is 1.11. The lowest BCUT2D eigenvalue weighted by molar-refractivity contribution is 0.0770. The number of halogens is 1. The lowest BCUT2D eigenvalue weighted by Crippen LogP contribution is -2.30. The molecule has 6 nitrogen and oxygen atoms in total. The van der Waals surface area contributed by atoms with Gasteiger partial charge in [-0.1, -0.05) is 11.6 Å². The van der Waals surface area contributed by atoms with E-state index in [1.807, 2.05) is 13.8 Å². The molecule has 28 heavy (non-hydrogen) atoms. The van der Waals surface area contributed by atoms with Crippen LogP contribution in [0.15, 0.2) is 42.6 Å². The molecule has 0 bridgehead atoms. The molecule has 0 aliphatic heterocycles. The van der Waals surface area contributed by atoms with Crippen LogP contribution in [-0.2, 0) is 0 Å². The first kappa shape index (κ1) is 19.8. The molecular weight excluding hydrogens is 378 g/mol. The van der Waals surface area contributed by atoms with Gasteiger partial charge in [0, 0.05) is 36.8 Å². The summed E-state index contributed by atoms with van der Waals surface area (Å²) in [6.07, 6.45) is 1.64. The Hall–Kier alpha value is -2.99. The Bertz CT molecular complexity index is 1020. The minimum atomic E-state index is -0.103. The molecule has 0 aliphatic rings. The van der Waals surface area contributed by atoms with Crippen molar-refractivity contribution in [1.29, 1.82) is 0 Å². The molecule has 2 aromatic carbocycles. The van der Waals surface area contributed by atoms with E-state index in [-0.39, 0.29) is 5.91 Å². The summed E-state index contributed by atoms with van der Waals surface area (Å²) in [4.78, 5) is 19.1. The summed E-state index contributed by atoms with van der Waals surface area (Å²) in [5.74, 6) is 1.47. The number of benzene rings is 2. The Kier molecular flexibility index (Phi) is 5.90. The van der Waals surface area contributed by atoms with E-state index < -0.39 is 0 Å². The van der Waals surface area contributed by atoms with Crippen molar-refractivity contribution in [2.75, 3.05) is 25.9 Å². The highest BCUT2D eigenvalue weighted by Gasteiger charge is 2.20. The smallest absolute Gasteiger partial charge is 0.257 e. The molecule has 0 saturated carbocycles. The van der Waals surface area contributed by atoms with Gasteiger partial charge in [0.1, 0.15) is 17.2 Å². The van der Waals surface area contributed by atoms with E-state index >= 15 is 0 Å². The average Bonchev–Trinajstić information content (AvgIpc) is 2.70. The Balaban J connectivity index is 2.10. The predicted octanol–water partition coefficient (Wildman–Crippen LogP) is 4.75. The summed E-state index contributed by atoms with van der Waals surface area (Å²) in [6, 6.07) is 10.3. The Morgan fingerprint density at radius 1 is 1.14 bits per heavy atom.